The van der Waals surface area contributed by atoms with E-state index in [1.165, 1.54) is 20.5 Å². The summed E-state index contributed by atoms with van der Waals surface area (Å²) in [5.41, 5.74) is 1.60. The van der Waals surface area contributed by atoms with Gasteiger partial charge in [0, 0.05) is 11.4 Å². The largest absolute Gasteiger partial charge is 0.315 e. The molecule has 148 valence electrons. The Balaban J connectivity index is 1.58. The molecule has 1 amide bonds. The van der Waals surface area contributed by atoms with Crippen LogP contribution in [0, 0.1) is 17.2 Å². The summed E-state index contributed by atoms with van der Waals surface area (Å²) < 4.78 is 27.3. The van der Waals surface area contributed by atoms with Crippen LogP contribution in [0.4, 0.5) is 5.00 Å². The number of hydrogen-bond acceptors (Lipinski definition) is 6. The third-order valence-electron chi connectivity index (χ3n) is 5.42. The summed E-state index contributed by atoms with van der Waals surface area (Å²) in [7, 11) is -3.68. The van der Waals surface area contributed by atoms with E-state index in [9.17, 15) is 18.5 Å². The molecule has 0 saturated carbocycles. The number of nitriles is 1. The molecule has 0 bridgehead atoms. The zero-order chi connectivity index (χ0) is 19.9. The van der Waals surface area contributed by atoms with Crippen LogP contribution in [0.15, 0.2) is 21.7 Å². The van der Waals surface area contributed by atoms with Crippen molar-refractivity contribution in [2.45, 2.75) is 49.3 Å². The lowest BCUT2D eigenvalue weighted by Gasteiger charge is -2.22. The van der Waals surface area contributed by atoms with Gasteiger partial charge >= 0.3 is 0 Å². The molecule has 0 unspecified atom stereocenters. The van der Waals surface area contributed by atoms with Gasteiger partial charge in [0.1, 0.15) is 21.3 Å². The molecule has 2 aromatic rings. The number of nitrogens with one attached hydrogen (secondary N) is 1. The number of fused-ring (bicyclic) bond motifs is 1. The fourth-order valence-electron chi connectivity index (χ4n) is 3.97. The van der Waals surface area contributed by atoms with E-state index in [1.807, 2.05) is 0 Å². The first kappa shape index (κ1) is 19.6. The van der Waals surface area contributed by atoms with Crippen molar-refractivity contribution in [3.8, 4) is 6.07 Å². The normalized spacial score (nSPS) is 22.6. The Morgan fingerprint density at radius 1 is 1.39 bits per heavy atom. The maximum atomic E-state index is 13.0. The number of sulfonamides is 1. The number of rotatable bonds is 4. The maximum Gasteiger partial charge on any atom is 0.253 e. The van der Waals surface area contributed by atoms with E-state index in [-0.39, 0.29) is 10.1 Å². The Bertz CT molecular complexity index is 1030. The first-order chi connectivity index (χ1) is 13.4. The number of nitrogens with zero attached hydrogens (tertiary/aromatic N) is 2. The predicted octanol–water partition coefficient (Wildman–Crippen LogP) is 3.60. The van der Waals surface area contributed by atoms with Crippen LogP contribution in [0.3, 0.4) is 0 Å². The summed E-state index contributed by atoms with van der Waals surface area (Å²) in [5.74, 6) is 0.225. The van der Waals surface area contributed by atoms with Crippen molar-refractivity contribution in [2.24, 2.45) is 5.92 Å². The fourth-order valence-corrected chi connectivity index (χ4v) is 8.11. The van der Waals surface area contributed by atoms with Gasteiger partial charge in [-0.2, -0.15) is 9.57 Å². The van der Waals surface area contributed by atoms with Gasteiger partial charge in [-0.15, -0.1) is 22.7 Å². The molecular formula is C19H21N3O3S3. The molecule has 2 aromatic heterocycles. The lowest BCUT2D eigenvalue weighted by atomic mass is 9.88. The number of anilines is 1. The monoisotopic (exact) mass is 435 g/mol. The van der Waals surface area contributed by atoms with Crippen LogP contribution in [0.2, 0.25) is 0 Å². The van der Waals surface area contributed by atoms with Gasteiger partial charge in [-0.3, -0.25) is 4.79 Å². The van der Waals surface area contributed by atoms with E-state index in [1.54, 1.807) is 17.5 Å². The van der Waals surface area contributed by atoms with E-state index in [2.05, 4.69) is 18.3 Å². The van der Waals surface area contributed by atoms with Crippen LogP contribution < -0.4 is 5.32 Å². The number of carbonyl (C=O) groups excluding carboxylic acids is 1. The summed E-state index contributed by atoms with van der Waals surface area (Å²) in [6.45, 7) is 2.53. The van der Waals surface area contributed by atoms with Crippen LogP contribution in [-0.4, -0.2) is 31.2 Å². The van der Waals surface area contributed by atoms with Crippen molar-refractivity contribution in [2.75, 3.05) is 11.9 Å². The van der Waals surface area contributed by atoms with E-state index in [0.717, 1.165) is 36.2 Å². The van der Waals surface area contributed by atoms with Crippen molar-refractivity contribution in [1.29, 1.82) is 5.26 Å². The molecule has 3 heterocycles. The Kier molecular flexibility index (Phi) is 5.31. The summed E-state index contributed by atoms with van der Waals surface area (Å²) in [4.78, 5) is 14.1. The number of hydrogen-bond donors (Lipinski definition) is 1. The van der Waals surface area contributed by atoms with Crippen molar-refractivity contribution in [1.82, 2.24) is 4.31 Å². The van der Waals surface area contributed by atoms with Gasteiger partial charge in [0.05, 0.1) is 5.56 Å². The molecule has 6 nitrogen and oxygen atoms in total. The van der Waals surface area contributed by atoms with E-state index >= 15 is 0 Å². The molecule has 1 fully saturated rings. The van der Waals surface area contributed by atoms with Gasteiger partial charge in [0.25, 0.3) is 10.0 Å². The molecule has 0 spiro atoms. The Labute approximate surface area is 172 Å². The highest BCUT2D eigenvalue weighted by Crippen LogP contribution is 2.39. The van der Waals surface area contributed by atoms with E-state index < -0.39 is 16.1 Å². The highest BCUT2D eigenvalue weighted by Gasteiger charge is 2.40. The summed E-state index contributed by atoms with van der Waals surface area (Å²) in [6, 6.07) is 4.76. The van der Waals surface area contributed by atoms with Gasteiger partial charge < -0.3 is 5.32 Å². The molecule has 9 heteroatoms. The molecule has 1 aliphatic heterocycles. The van der Waals surface area contributed by atoms with Crippen molar-refractivity contribution in [3.05, 3.63) is 33.5 Å². The van der Waals surface area contributed by atoms with Crippen molar-refractivity contribution < 1.29 is 13.2 Å². The Hall–Kier alpha value is -1.73. The van der Waals surface area contributed by atoms with Crippen LogP contribution in [-0.2, 0) is 27.7 Å². The third kappa shape index (κ3) is 3.39. The average molecular weight is 436 g/mol. The molecule has 28 heavy (non-hydrogen) atoms. The molecular weight excluding hydrogens is 414 g/mol. The van der Waals surface area contributed by atoms with E-state index in [4.69, 9.17) is 0 Å². The standard InChI is InChI=1S/C19H21N3O3S3/c1-12-6-7-13-14(11-20)19(27-16(13)10-12)21-18(23)15-4-2-8-22(15)28(24,25)17-5-3-9-26-17/h3,5,9,12,15H,2,4,6-8,10H2,1H3,(H,21,23)/t12-,15+/m1/s1. The van der Waals surface area contributed by atoms with Gasteiger partial charge in [-0.05, 0) is 55.0 Å². The zero-order valence-electron chi connectivity index (χ0n) is 15.5. The quantitative estimate of drug-likeness (QED) is 0.794. The number of thiophene rings is 2. The van der Waals surface area contributed by atoms with Gasteiger partial charge in [-0.25, -0.2) is 8.42 Å². The second kappa shape index (κ2) is 7.59. The Morgan fingerprint density at radius 2 is 2.21 bits per heavy atom. The molecule has 0 aromatic carbocycles. The minimum absolute atomic E-state index is 0.255. The van der Waals surface area contributed by atoms with E-state index in [0.29, 0.717) is 35.9 Å². The predicted molar refractivity (Wildman–Crippen MR) is 110 cm³/mol. The second-order valence-corrected chi connectivity index (χ2v) is 11.5. The summed E-state index contributed by atoms with van der Waals surface area (Å²) in [5, 5.41) is 14.8. The van der Waals surface area contributed by atoms with Gasteiger partial charge in [0.2, 0.25) is 5.91 Å². The number of carbonyl (C=O) groups is 1. The molecule has 2 aliphatic rings. The Morgan fingerprint density at radius 3 is 2.93 bits per heavy atom. The highest BCUT2D eigenvalue weighted by atomic mass is 32.2. The molecule has 1 saturated heterocycles. The molecule has 1 N–H and O–H groups in total. The van der Waals surface area contributed by atoms with Crippen LogP contribution in [0.5, 0.6) is 0 Å². The first-order valence-electron chi connectivity index (χ1n) is 9.32. The van der Waals surface area contributed by atoms with Crippen LogP contribution in [0.25, 0.3) is 0 Å². The lowest BCUT2D eigenvalue weighted by molar-refractivity contribution is -0.119. The van der Waals surface area contributed by atoms with Crippen molar-refractivity contribution >= 4 is 43.6 Å². The molecule has 2 atom stereocenters. The first-order valence-corrected chi connectivity index (χ1v) is 12.5. The number of amides is 1. The minimum atomic E-state index is -3.68. The maximum absolute atomic E-state index is 13.0. The summed E-state index contributed by atoms with van der Waals surface area (Å²) >= 11 is 2.62. The smallest absolute Gasteiger partial charge is 0.253 e. The van der Waals surface area contributed by atoms with Crippen LogP contribution >= 0.6 is 22.7 Å². The van der Waals surface area contributed by atoms with Gasteiger partial charge in [0.15, 0.2) is 0 Å². The average Bonchev–Trinajstić information content (AvgIpc) is 3.40. The topological polar surface area (TPSA) is 90.3 Å². The third-order valence-corrected chi connectivity index (χ3v) is 9.88. The fraction of sp³-hybridized carbons (Fsp3) is 0.474. The van der Waals surface area contributed by atoms with Gasteiger partial charge in [-0.1, -0.05) is 13.0 Å². The van der Waals surface area contributed by atoms with Crippen LogP contribution in [0.1, 0.15) is 42.2 Å². The van der Waals surface area contributed by atoms with Crippen molar-refractivity contribution in [3.63, 3.8) is 0 Å². The molecule has 0 radical (unpaired) electrons. The molecule has 1 aliphatic carbocycles. The molecule has 4 rings (SSSR count). The SMILES string of the molecule is C[C@@H]1CCc2c(sc(NC(=O)[C@@H]3CCCN3S(=O)(=O)c3cccs3)c2C#N)C1. The minimum Gasteiger partial charge on any atom is -0.315 e. The highest BCUT2D eigenvalue weighted by molar-refractivity contribution is 7.91. The summed E-state index contributed by atoms with van der Waals surface area (Å²) in [6.07, 6.45) is 3.95. The lowest BCUT2D eigenvalue weighted by Crippen LogP contribution is -2.42. The second-order valence-electron chi connectivity index (χ2n) is 7.36. The zero-order valence-corrected chi connectivity index (χ0v) is 17.9.